The summed E-state index contributed by atoms with van der Waals surface area (Å²) in [6, 6.07) is 0. The van der Waals surface area contributed by atoms with Gasteiger partial charge >= 0.3 is 5.97 Å². The molecule has 0 bridgehead atoms. The molecule has 2 unspecified atom stereocenters. The Balaban J connectivity index is 2.49. The van der Waals surface area contributed by atoms with Gasteiger partial charge in [0.2, 0.25) is 0 Å². The van der Waals surface area contributed by atoms with E-state index in [1.54, 1.807) is 0 Å². The van der Waals surface area contributed by atoms with Crippen LogP contribution in [0.4, 0.5) is 0 Å². The highest BCUT2D eigenvalue weighted by atomic mass is 16.6. The van der Waals surface area contributed by atoms with Crippen LogP contribution in [-0.2, 0) is 9.53 Å². The number of aliphatic carboxylic acids is 1. The van der Waals surface area contributed by atoms with Crippen molar-refractivity contribution in [3.8, 4) is 0 Å². The van der Waals surface area contributed by atoms with Crippen molar-refractivity contribution in [1.29, 1.82) is 0 Å². The molecule has 0 aromatic carbocycles. The van der Waals surface area contributed by atoms with E-state index in [1.165, 1.54) is 0 Å². The van der Waals surface area contributed by atoms with E-state index in [9.17, 15) is 4.79 Å². The summed E-state index contributed by atoms with van der Waals surface area (Å²) in [6.45, 7) is 0.345. The monoisotopic (exact) mass is 132 g/mol. The summed E-state index contributed by atoms with van der Waals surface area (Å²) in [5.41, 5.74) is 0. The van der Waals surface area contributed by atoms with Crippen molar-refractivity contribution in [1.82, 2.24) is 0 Å². The van der Waals surface area contributed by atoms with Gasteiger partial charge in [-0.2, -0.15) is 0 Å². The lowest BCUT2D eigenvalue weighted by Crippen LogP contribution is -2.22. The molecule has 0 spiro atoms. The van der Waals surface area contributed by atoms with Gasteiger partial charge in [0.1, 0.15) is 5.92 Å². The molecule has 1 saturated heterocycles. The van der Waals surface area contributed by atoms with Crippen LogP contribution in [0.3, 0.4) is 0 Å². The Morgan fingerprint density at radius 2 is 2.33 bits per heavy atom. The van der Waals surface area contributed by atoms with Gasteiger partial charge in [0.25, 0.3) is 0 Å². The molecule has 1 rings (SSSR count). The fourth-order valence-corrected chi connectivity index (χ4v) is 0.820. The number of carbonyl (C=O) groups is 1. The second-order valence-corrected chi connectivity index (χ2v) is 1.99. The van der Waals surface area contributed by atoms with E-state index in [-0.39, 0.29) is 0 Å². The van der Waals surface area contributed by atoms with Gasteiger partial charge < -0.3 is 14.9 Å². The molecular formula is C5H8O4. The number of carboxylic acid groups (broad SMARTS) is 1. The maximum absolute atomic E-state index is 10.2. The topological polar surface area (TPSA) is 66.8 Å². The average Bonchev–Trinajstić information content (AvgIpc) is 2.13. The van der Waals surface area contributed by atoms with Gasteiger partial charge in [0, 0.05) is 0 Å². The van der Waals surface area contributed by atoms with Gasteiger partial charge in [-0.15, -0.1) is 0 Å². The van der Waals surface area contributed by atoms with Gasteiger partial charge in [0.15, 0.2) is 6.29 Å². The molecule has 0 aromatic rings. The largest absolute Gasteiger partial charge is 0.481 e. The lowest BCUT2D eigenvalue weighted by atomic mass is 10.1. The van der Waals surface area contributed by atoms with Crippen molar-refractivity contribution >= 4 is 5.97 Å². The van der Waals surface area contributed by atoms with E-state index < -0.39 is 18.2 Å². The molecule has 0 aromatic heterocycles. The number of ether oxygens (including phenoxy) is 1. The van der Waals surface area contributed by atoms with Gasteiger partial charge in [-0.25, -0.2) is 0 Å². The minimum absolute atomic E-state index is 0.345. The summed E-state index contributed by atoms with van der Waals surface area (Å²) < 4.78 is 4.60. The van der Waals surface area contributed by atoms with Crippen LogP contribution in [-0.4, -0.2) is 29.1 Å². The zero-order valence-corrected chi connectivity index (χ0v) is 4.78. The second kappa shape index (κ2) is 2.33. The minimum Gasteiger partial charge on any atom is -0.481 e. The Bertz CT molecular complexity index is 122. The number of hydrogen-bond acceptors (Lipinski definition) is 3. The first-order valence-electron chi connectivity index (χ1n) is 2.74. The van der Waals surface area contributed by atoms with Crippen molar-refractivity contribution in [2.24, 2.45) is 5.92 Å². The maximum atomic E-state index is 10.2. The van der Waals surface area contributed by atoms with Gasteiger partial charge in [-0.05, 0) is 6.42 Å². The molecule has 0 amide bonds. The molecular weight excluding hydrogens is 124 g/mol. The molecule has 1 heterocycles. The fourth-order valence-electron chi connectivity index (χ4n) is 0.820. The highest BCUT2D eigenvalue weighted by Crippen LogP contribution is 2.18. The van der Waals surface area contributed by atoms with E-state index >= 15 is 0 Å². The first-order chi connectivity index (χ1) is 4.22. The SMILES string of the molecule is O=C(O)C1CCOC1O. The van der Waals surface area contributed by atoms with E-state index in [2.05, 4.69) is 4.74 Å². The number of aliphatic hydroxyl groups is 1. The quantitative estimate of drug-likeness (QED) is 0.501. The van der Waals surface area contributed by atoms with Crippen molar-refractivity contribution in [2.75, 3.05) is 6.61 Å². The van der Waals surface area contributed by atoms with E-state index in [0.29, 0.717) is 13.0 Å². The third-order valence-corrected chi connectivity index (χ3v) is 1.38. The van der Waals surface area contributed by atoms with Crippen LogP contribution in [0.5, 0.6) is 0 Å². The van der Waals surface area contributed by atoms with Crippen LogP contribution >= 0.6 is 0 Å². The first-order valence-corrected chi connectivity index (χ1v) is 2.74. The van der Waals surface area contributed by atoms with Crippen LogP contribution < -0.4 is 0 Å². The summed E-state index contributed by atoms with van der Waals surface area (Å²) in [5.74, 6) is -1.70. The fraction of sp³-hybridized carbons (Fsp3) is 0.800. The molecule has 52 valence electrons. The molecule has 1 aliphatic rings. The molecule has 0 radical (unpaired) electrons. The Labute approximate surface area is 52.1 Å². The summed E-state index contributed by atoms with van der Waals surface area (Å²) in [4.78, 5) is 10.2. The number of rotatable bonds is 1. The lowest BCUT2D eigenvalue weighted by Gasteiger charge is -2.05. The number of carboxylic acids is 1. The van der Waals surface area contributed by atoms with Gasteiger partial charge in [-0.3, -0.25) is 4.79 Å². The Hall–Kier alpha value is -0.610. The Morgan fingerprint density at radius 1 is 1.67 bits per heavy atom. The molecule has 9 heavy (non-hydrogen) atoms. The summed E-state index contributed by atoms with van der Waals surface area (Å²) in [5, 5.41) is 17.1. The maximum Gasteiger partial charge on any atom is 0.311 e. The smallest absolute Gasteiger partial charge is 0.311 e. The van der Waals surface area contributed by atoms with Crippen LogP contribution in [0.1, 0.15) is 6.42 Å². The van der Waals surface area contributed by atoms with E-state index in [1.807, 2.05) is 0 Å². The zero-order valence-electron chi connectivity index (χ0n) is 4.78. The molecule has 0 aliphatic carbocycles. The summed E-state index contributed by atoms with van der Waals surface area (Å²) in [6.07, 6.45) is -0.682. The first kappa shape index (κ1) is 6.51. The lowest BCUT2D eigenvalue weighted by molar-refractivity contribution is -0.153. The molecule has 4 heteroatoms. The predicted molar refractivity (Wildman–Crippen MR) is 27.7 cm³/mol. The van der Waals surface area contributed by atoms with Crippen LogP contribution in [0.15, 0.2) is 0 Å². The minimum atomic E-state index is -1.09. The average molecular weight is 132 g/mol. The molecule has 1 aliphatic heterocycles. The molecule has 0 saturated carbocycles. The summed E-state index contributed by atoms with van der Waals surface area (Å²) >= 11 is 0. The van der Waals surface area contributed by atoms with Crippen molar-refractivity contribution in [3.05, 3.63) is 0 Å². The van der Waals surface area contributed by atoms with Crippen LogP contribution in [0.25, 0.3) is 0 Å². The molecule has 4 nitrogen and oxygen atoms in total. The normalized spacial score (nSPS) is 34.8. The third kappa shape index (κ3) is 1.20. The van der Waals surface area contributed by atoms with Crippen LogP contribution in [0.2, 0.25) is 0 Å². The molecule has 2 N–H and O–H groups in total. The van der Waals surface area contributed by atoms with Crippen LogP contribution in [0, 0.1) is 5.92 Å². The Kier molecular flexibility index (Phi) is 1.68. The third-order valence-electron chi connectivity index (χ3n) is 1.38. The standard InChI is InChI=1S/C5H8O4/c6-4(7)3-1-2-9-5(3)8/h3,5,8H,1-2H2,(H,6,7). The molecule has 1 fully saturated rings. The second-order valence-electron chi connectivity index (χ2n) is 1.99. The number of aliphatic hydroxyl groups excluding tert-OH is 1. The van der Waals surface area contributed by atoms with E-state index in [4.69, 9.17) is 10.2 Å². The van der Waals surface area contributed by atoms with Crippen molar-refractivity contribution in [2.45, 2.75) is 12.7 Å². The number of hydrogen-bond donors (Lipinski definition) is 2. The summed E-state index contributed by atoms with van der Waals surface area (Å²) in [7, 11) is 0. The van der Waals surface area contributed by atoms with E-state index in [0.717, 1.165) is 0 Å². The highest BCUT2D eigenvalue weighted by Gasteiger charge is 2.31. The van der Waals surface area contributed by atoms with Crippen molar-refractivity contribution < 1.29 is 19.7 Å². The van der Waals surface area contributed by atoms with Gasteiger partial charge in [-0.1, -0.05) is 0 Å². The van der Waals surface area contributed by atoms with Crippen molar-refractivity contribution in [3.63, 3.8) is 0 Å². The van der Waals surface area contributed by atoms with Gasteiger partial charge in [0.05, 0.1) is 6.61 Å². The highest BCUT2D eigenvalue weighted by molar-refractivity contribution is 5.70. The zero-order chi connectivity index (χ0) is 6.85. The Morgan fingerprint density at radius 3 is 2.56 bits per heavy atom. The molecule has 2 atom stereocenters. The predicted octanol–water partition coefficient (Wildman–Crippen LogP) is -0.574.